The van der Waals surface area contributed by atoms with Crippen molar-refractivity contribution in [2.24, 2.45) is 11.1 Å². The van der Waals surface area contributed by atoms with Crippen molar-refractivity contribution >= 4 is 24.3 Å². The number of esters is 1. The number of hydrogen-bond acceptors (Lipinski definition) is 5. The van der Waals surface area contributed by atoms with E-state index in [0.29, 0.717) is 36.5 Å². The van der Waals surface area contributed by atoms with Crippen LogP contribution < -0.4 is 11.1 Å². The second-order valence-corrected chi connectivity index (χ2v) is 5.05. The Labute approximate surface area is 137 Å². The SMILES string of the molecule is CCC(CC)(CN)C(=O)NCc1cc(C(=O)OC)c(C)o1.Cl. The molecule has 0 fully saturated rings. The summed E-state index contributed by atoms with van der Waals surface area (Å²) in [5.41, 5.74) is 5.56. The standard InChI is InChI=1S/C15H24N2O4.ClH/c1-5-15(6-2,9-16)14(19)17-8-11-7-12(10(3)21-11)13(18)20-4;/h7H,5-6,8-9,16H2,1-4H3,(H,17,19);1H. The van der Waals surface area contributed by atoms with Crippen LogP contribution in [-0.2, 0) is 16.1 Å². The third-order valence-corrected chi connectivity index (χ3v) is 4.02. The topological polar surface area (TPSA) is 94.6 Å². The van der Waals surface area contributed by atoms with Crippen LogP contribution in [0.3, 0.4) is 0 Å². The Morgan fingerprint density at radius 2 is 1.95 bits per heavy atom. The maximum Gasteiger partial charge on any atom is 0.341 e. The number of methoxy groups -OCH3 is 1. The van der Waals surface area contributed by atoms with Crippen molar-refractivity contribution in [2.75, 3.05) is 13.7 Å². The van der Waals surface area contributed by atoms with E-state index in [0.717, 1.165) is 0 Å². The van der Waals surface area contributed by atoms with Crippen LogP contribution >= 0.6 is 12.4 Å². The van der Waals surface area contributed by atoms with E-state index in [-0.39, 0.29) is 24.9 Å². The highest BCUT2D eigenvalue weighted by atomic mass is 35.5. The summed E-state index contributed by atoms with van der Waals surface area (Å²) in [6.07, 6.45) is 1.35. The molecule has 0 unspecified atom stereocenters. The summed E-state index contributed by atoms with van der Waals surface area (Å²) in [5.74, 6) is 0.442. The number of ether oxygens (including phenoxy) is 1. The molecule has 1 heterocycles. The lowest BCUT2D eigenvalue weighted by Gasteiger charge is -2.28. The molecule has 0 saturated heterocycles. The van der Waals surface area contributed by atoms with E-state index < -0.39 is 11.4 Å². The predicted octanol–water partition coefficient (Wildman–Crippen LogP) is 2.18. The van der Waals surface area contributed by atoms with Crippen LogP contribution in [0.1, 0.15) is 48.6 Å². The van der Waals surface area contributed by atoms with Gasteiger partial charge in [0.15, 0.2) is 0 Å². The van der Waals surface area contributed by atoms with Gasteiger partial charge in [-0.25, -0.2) is 4.79 Å². The van der Waals surface area contributed by atoms with Gasteiger partial charge in [0, 0.05) is 6.54 Å². The Kier molecular flexibility index (Phi) is 8.19. The number of nitrogens with two attached hydrogens (primary N) is 1. The Morgan fingerprint density at radius 3 is 2.41 bits per heavy atom. The first kappa shape index (κ1) is 20.5. The number of halogens is 1. The van der Waals surface area contributed by atoms with Crippen molar-refractivity contribution in [1.82, 2.24) is 5.32 Å². The van der Waals surface area contributed by atoms with Crippen molar-refractivity contribution in [3.05, 3.63) is 23.2 Å². The van der Waals surface area contributed by atoms with Gasteiger partial charge in [0.2, 0.25) is 5.91 Å². The summed E-state index contributed by atoms with van der Waals surface area (Å²) in [6, 6.07) is 1.59. The third kappa shape index (κ3) is 4.24. The van der Waals surface area contributed by atoms with Gasteiger partial charge in [-0.3, -0.25) is 4.79 Å². The Morgan fingerprint density at radius 1 is 1.36 bits per heavy atom. The van der Waals surface area contributed by atoms with Crippen molar-refractivity contribution in [2.45, 2.75) is 40.2 Å². The van der Waals surface area contributed by atoms with Crippen molar-refractivity contribution in [1.29, 1.82) is 0 Å². The average molecular weight is 333 g/mol. The largest absolute Gasteiger partial charge is 0.465 e. The molecule has 1 aromatic rings. The molecule has 6 nitrogen and oxygen atoms in total. The highest BCUT2D eigenvalue weighted by Gasteiger charge is 2.33. The summed E-state index contributed by atoms with van der Waals surface area (Å²) < 4.78 is 10.1. The van der Waals surface area contributed by atoms with Gasteiger partial charge in [0.05, 0.1) is 19.1 Å². The number of carbonyl (C=O) groups is 2. The number of rotatable bonds is 7. The van der Waals surface area contributed by atoms with Crippen LogP contribution in [0, 0.1) is 12.3 Å². The summed E-state index contributed by atoms with van der Waals surface area (Å²) in [5, 5.41) is 2.83. The molecule has 126 valence electrons. The summed E-state index contributed by atoms with van der Waals surface area (Å²) in [4.78, 5) is 23.8. The average Bonchev–Trinajstić information content (AvgIpc) is 2.87. The summed E-state index contributed by atoms with van der Waals surface area (Å²) in [6.45, 7) is 6.10. The first-order valence-corrected chi connectivity index (χ1v) is 7.10. The molecule has 1 amide bonds. The molecule has 0 aliphatic heterocycles. The maximum absolute atomic E-state index is 12.3. The molecule has 1 aromatic heterocycles. The van der Waals surface area contributed by atoms with E-state index in [1.165, 1.54) is 7.11 Å². The summed E-state index contributed by atoms with van der Waals surface area (Å²) in [7, 11) is 1.31. The zero-order valence-corrected chi connectivity index (χ0v) is 14.3. The zero-order valence-electron chi connectivity index (χ0n) is 13.5. The smallest absolute Gasteiger partial charge is 0.341 e. The monoisotopic (exact) mass is 332 g/mol. The van der Waals surface area contributed by atoms with Crippen LogP contribution in [-0.4, -0.2) is 25.5 Å². The first-order valence-electron chi connectivity index (χ1n) is 7.10. The van der Waals surface area contributed by atoms with Gasteiger partial charge in [-0.05, 0) is 25.8 Å². The minimum atomic E-state index is -0.549. The molecule has 3 N–H and O–H groups in total. The number of amides is 1. The minimum Gasteiger partial charge on any atom is -0.465 e. The second kappa shape index (κ2) is 8.80. The van der Waals surface area contributed by atoms with Crippen LogP contribution in [0.25, 0.3) is 0 Å². The van der Waals surface area contributed by atoms with Crippen LogP contribution in [0.15, 0.2) is 10.5 Å². The molecule has 0 aromatic carbocycles. The number of nitrogens with one attached hydrogen (secondary N) is 1. The highest BCUT2D eigenvalue weighted by Crippen LogP contribution is 2.25. The van der Waals surface area contributed by atoms with E-state index in [4.69, 9.17) is 10.2 Å². The molecule has 0 saturated carbocycles. The molecular weight excluding hydrogens is 308 g/mol. The number of hydrogen-bond donors (Lipinski definition) is 2. The van der Waals surface area contributed by atoms with Gasteiger partial charge in [-0.15, -0.1) is 12.4 Å². The fraction of sp³-hybridized carbons (Fsp3) is 0.600. The van der Waals surface area contributed by atoms with Gasteiger partial charge >= 0.3 is 5.97 Å². The van der Waals surface area contributed by atoms with Gasteiger partial charge in [-0.2, -0.15) is 0 Å². The Bertz CT molecular complexity index is 501. The number of carbonyl (C=O) groups excluding carboxylic acids is 2. The van der Waals surface area contributed by atoms with Crippen LogP contribution in [0.5, 0.6) is 0 Å². The van der Waals surface area contributed by atoms with Crippen molar-refractivity contribution in [3.8, 4) is 0 Å². The third-order valence-electron chi connectivity index (χ3n) is 4.02. The van der Waals surface area contributed by atoms with E-state index in [2.05, 4.69) is 10.1 Å². The molecule has 0 bridgehead atoms. The maximum atomic E-state index is 12.3. The lowest BCUT2D eigenvalue weighted by atomic mass is 9.81. The van der Waals surface area contributed by atoms with Gasteiger partial charge in [0.25, 0.3) is 0 Å². The highest BCUT2D eigenvalue weighted by molar-refractivity contribution is 5.90. The van der Waals surface area contributed by atoms with Crippen LogP contribution in [0.2, 0.25) is 0 Å². The van der Waals surface area contributed by atoms with Crippen molar-refractivity contribution in [3.63, 3.8) is 0 Å². The Balaban J connectivity index is 0.00000441. The van der Waals surface area contributed by atoms with E-state index >= 15 is 0 Å². The van der Waals surface area contributed by atoms with E-state index in [9.17, 15) is 9.59 Å². The van der Waals surface area contributed by atoms with E-state index in [1.54, 1.807) is 13.0 Å². The lowest BCUT2D eigenvalue weighted by Crippen LogP contribution is -2.44. The lowest BCUT2D eigenvalue weighted by molar-refractivity contribution is -0.131. The number of aryl methyl sites for hydroxylation is 1. The van der Waals surface area contributed by atoms with Gasteiger partial charge < -0.3 is 20.2 Å². The zero-order chi connectivity index (χ0) is 16.0. The van der Waals surface area contributed by atoms with Gasteiger partial charge in [-0.1, -0.05) is 13.8 Å². The molecule has 1 rings (SSSR count). The normalized spacial score (nSPS) is 10.8. The predicted molar refractivity (Wildman–Crippen MR) is 85.9 cm³/mol. The molecule has 0 atom stereocenters. The van der Waals surface area contributed by atoms with E-state index in [1.807, 2.05) is 13.8 Å². The molecule has 7 heteroatoms. The number of furan rings is 1. The van der Waals surface area contributed by atoms with Gasteiger partial charge in [0.1, 0.15) is 17.1 Å². The molecule has 0 radical (unpaired) electrons. The first-order chi connectivity index (χ1) is 9.93. The molecule has 0 spiro atoms. The summed E-state index contributed by atoms with van der Waals surface area (Å²) >= 11 is 0. The minimum absolute atomic E-state index is 0. The fourth-order valence-electron chi connectivity index (χ4n) is 2.25. The molecular formula is C15H25ClN2O4. The second-order valence-electron chi connectivity index (χ2n) is 5.05. The quantitative estimate of drug-likeness (QED) is 0.746. The molecule has 0 aliphatic carbocycles. The molecule has 0 aliphatic rings. The Hall–Kier alpha value is -1.53. The molecule has 22 heavy (non-hydrogen) atoms. The van der Waals surface area contributed by atoms with Crippen molar-refractivity contribution < 1.29 is 18.7 Å². The van der Waals surface area contributed by atoms with Crippen LogP contribution in [0.4, 0.5) is 0 Å². The fourth-order valence-corrected chi connectivity index (χ4v) is 2.25.